The van der Waals surface area contributed by atoms with Gasteiger partial charge in [0.1, 0.15) is 5.75 Å². The summed E-state index contributed by atoms with van der Waals surface area (Å²) < 4.78 is 15.6. The summed E-state index contributed by atoms with van der Waals surface area (Å²) in [4.78, 5) is 34.1. The molecule has 0 radical (unpaired) electrons. The van der Waals surface area contributed by atoms with Crippen LogP contribution in [-0.4, -0.2) is 30.3 Å². The third-order valence-electron chi connectivity index (χ3n) is 3.69. The molecule has 0 aliphatic carbocycles. The second-order valence-electron chi connectivity index (χ2n) is 5.52. The van der Waals surface area contributed by atoms with Gasteiger partial charge in [-0.15, -0.1) is 0 Å². The summed E-state index contributed by atoms with van der Waals surface area (Å²) in [6, 6.07) is 8.33. The van der Waals surface area contributed by atoms with Crippen LogP contribution in [-0.2, 0) is 4.79 Å². The Kier molecular flexibility index (Phi) is 5.06. The van der Waals surface area contributed by atoms with Crippen LogP contribution >= 0.6 is 0 Å². The Hall–Kier alpha value is -3.82. The lowest BCUT2D eigenvalue weighted by molar-refractivity contribution is -0.385. The van der Waals surface area contributed by atoms with Gasteiger partial charge in [0, 0.05) is 17.8 Å². The predicted octanol–water partition coefficient (Wildman–Crippen LogP) is 2.36. The third kappa shape index (κ3) is 4.24. The summed E-state index contributed by atoms with van der Waals surface area (Å²) in [5, 5.41) is 15.5. The lowest BCUT2D eigenvalue weighted by Gasteiger charge is -2.10. The predicted molar refractivity (Wildman–Crippen MR) is 93.1 cm³/mol. The molecule has 10 heteroatoms. The largest absolute Gasteiger partial charge is 0.483 e. The van der Waals surface area contributed by atoms with E-state index >= 15 is 0 Å². The van der Waals surface area contributed by atoms with Gasteiger partial charge in [0.25, 0.3) is 11.6 Å². The zero-order chi connectivity index (χ0) is 19.4. The van der Waals surface area contributed by atoms with Gasteiger partial charge in [-0.05, 0) is 25.1 Å². The van der Waals surface area contributed by atoms with Crippen molar-refractivity contribution in [2.45, 2.75) is 6.92 Å². The molecule has 3 amide bonds. The van der Waals surface area contributed by atoms with E-state index in [1.807, 2.05) is 0 Å². The van der Waals surface area contributed by atoms with Crippen LogP contribution in [0.1, 0.15) is 5.56 Å². The van der Waals surface area contributed by atoms with Gasteiger partial charge in [-0.1, -0.05) is 6.07 Å². The molecule has 3 rings (SSSR count). The summed E-state index contributed by atoms with van der Waals surface area (Å²) in [5.74, 6) is 0.538. The van der Waals surface area contributed by atoms with Gasteiger partial charge in [-0.2, -0.15) is 0 Å². The zero-order valence-electron chi connectivity index (χ0n) is 14.2. The Morgan fingerprint density at radius 3 is 2.78 bits per heavy atom. The number of nitrogens with zero attached hydrogens (tertiary/aromatic N) is 1. The molecule has 1 heterocycles. The van der Waals surface area contributed by atoms with Crippen molar-refractivity contribution in [2.75, 3.05) is 18.7 Å². The van der Waals surface area contributed by atoms with Crippen LogP contribution in [0.3, 0.4) is 0 Å². The van der Waals surface area contributed by atoms with Gasteiger partial charge < -0.3 is 19.5 Å². The molecule has 27 heavy (non-hydrogen) atoms. The molecule has 0 unspecified atom stereocenters. The normalized spacial score (nSPS) is 11.6. The highest BCUT2D eigenvalue weighted by molar-refractivity contribution is 6.01. The quantitative estimate of drug-likeness (QED) is 0.608. The first-order valence-electron chi connectivity index (χ1n) is 7.81. The molecule has 2 aromatic rings. The van der Waals surface area contributed by atoms with E-state index in [0.717, 1.165) is 0 Å². The lowest BCUT2D eigenvalue weighted by atomic mass is 10.2. The van der Waals surface area contributed by atoms with E-state index in [1.54, 1.807) is 18.2 Å². The molecule has 0 bridgehead atoms. The number of benzene rings is 2. The summed E-state index contributed by atoms with van der Waals surface area (Å²) in [5.41, 5.74) is 0.591. The van der Waals surface area contributed by atoms with Crippen LogP contribution < -0.4 is 24.8 Å². The number of fused-ring (bicyclic) bond motifs is 1. The van der Waals surface area contributed by atoms with Gasteiger partial charge in [0.05, 0.1) is 10.5 Å². The average Bonchev–Trinajstić information content (AvgIpc) is 3.08. The standard InChI is InChI=1S/C17H15N3O7/c1-10-12(20(23)24)3-2-4-13(10)25-8-16(21)19-17(22)18-11-5-6-14-15(7-11)27-9-26-14/h2-7H,8-9H2,1H3,(H2,18,19,21,22). The van der Waals surface area contributed by atoms with Crippen molar-refractivity contribution < 1.29 is 28.7 Å². The van der Waals surface area contributed by atoms with Crippen molar-refractivity contribution in [3.63, 3.8) is 0 Å². The number of hydrogen-bond donors (Lipinski definition) is 2. The minimum absolute atomic E-state index is 0.109. The van der Waals surface area contributed by atoms with Crippen LogP contribution in [0.15, 0.2) is 36.4 Å². The first kappa shape index (κ1) is 18.0. The second kappa shape index (κ2) is 7.60. The van der Waals surface area contributed by atoms with E-state index in [2.05, 4.69) is 10.6 Å². The summed E-state index contributed by atoms with van der Waals surface area (Å²) >= 11 is 0. The zero-order valence-corrected chi connectivity index (χ0v) is 14.2. The number of amides is 3. The maximum absolute atomic E-state index is 11.9. The van der Waals surface area contributed by atoms with Gasteiger partial charge >= 0.3 is 6.03 Å². The van der Waals surface area contributed by atoms with Gasteiger partial charge in [0.15, 0.2) is 18.1 Å². The van der Waals surface area contributed by atoms with Crippen LogP contribution in [0.5, 0.6) is 17.2 Å². The lowest BCUT2D eigenvalue weighted by Crippen LogP contribution is -2.37. The molecular formula is C17H15N3O7. The van der Waals surface area contributed by atoms with Crippen molar-refractivity contribution in [1.29, 1.82) is 0 Å². The molecule has 1 aliphatic rings. The summed E-state index contributed by atoms with van der Waals surface area (Å²) in [6.07, 6.45) is 0. The first-order valence-corrected chi connectivity index (χ1v) is 7.81. The minimum atomic E-state index is -0.752. The Morgan fingerprint density at radius 2 is 2.00 bits per heavy atom. The summed E-state index contributed by atoms with van der Waals surface area (Å²) in [6.45, 7) is 1.14. The number of rotatable bonds is 5. The van der Waals surface area contributed by atoms with E-state index < -0.39 is 23.5 Å². The Balaban J connectivity index is 1.53. The molecule has 0 fully saturated rings. The second-order valence-corrected chi connectivity index (χ2v) is 5.52. The third-order valence-corrected chi connectivity index (χ3v) is 3.69. The molecule has 0 spiro atoms. The fourth-order valence-corrected chi connectivity index (χ4v) is 2.40. The molecule has 140 valence electrons. The number of nitrogens with one attached hydrogen (secondary N) is 2. The number of urea groups is 1. The molecule has 0 atom stereocenters. The molecule has 1 aliphatic heterocycles. The molecule has 2 aromatic carbocycles. The van der Waals surface area contributed by atoms with Crippen molar-refractivity contribution in [3.05, 3.63) is 52.1 Å². The highest BCUT2D eigenvalue weighted by atomic mass is 16.7. The highest BCUT2D eigenvalue weighted by Gasteiger charge is 2.17. The van der Waals surface area contributed by atoms with E-state index in [4.69, 9.17) is 14.2 Å². The molecule has 0 aromatic heterocycles. The Bertz CT molecular complexity index is 913. The molecule has 0 saturated carbocycles. The average molecular weight is 373 g/mol. The Labute approximate surface area is 153 Å². The van der Waals surface area contributed by atoms with Crippen LogP contribution in [0.25, 0.3) is 0 Å². The summed E-state index contributed by atoms with van der Waals surface area (Å²) in [7, 11) is 0. The number of nitro groups is 1. The molecule has 2 N–H and O–H groups in total. The van der Waals surface area contributed by atoms with Crippen molar-refractivity contribution in [1.82, 2.24) is 5.32 Å². The smallest absolute Gasteiger partial charge is 0.325 e. The van der Waals surface area contributed by atoms with Crippen LogP contribution in [0.4, 0.5) is 16.2 Å². The van der Waals surface area contributed by atoms with E-state index in [1.165, 1.54) is 25.1 Å². The first-order chi connectivity index (χ1) is 12.9. The molecule has 10 nitrogen and oxygen atoms in total. The van der Waals surface area contributed by atoms with E-state index in [0.29, 0.717) is 22.7 Å². The van der Waals surface area contributed by atoms with E-state index in [9.17, 15) is 19.7 Å². The number of ether oxygens (including phenoxy) is 3. The van der Waals surface area contributed by atoms with Gasteiger partial charge in [-0.3, -0.25) is 20.2 Å². The Morgan fingerprint density at radius 1 is 1.22 bits per heavy atom. The monoisotopic (exact) mass is 373 g/mol. The van der Waals surface area contributed by atoms with Crippen molar-refractivity contribution >= 4 is 23.3 Å². The molecular weight excluding hydrogens is 358 g/mol. The van der Waals surface area contributed by atoms with Gasteiger partial charge in [0.2, 0.25) is 6.79 Å². The van der Waals surface area contributed by atoms with E-state index in [-0.39, 0.29) is 18.2 Å². The molecule has 0 saturated heterocycles. The maximum Gasteiger partial charge on any atom is 0.325 e. The fourth-order valence-electron chi connectivity index (χ4n) is 2.40. The topological polar surface area (TPSA) is 129 Å². The number of hydrogen-bond acceptors (Lipinski definition) is 7. The number of carbonyl (C=O) groups is 2. The fraction of sp³-hybridized carbons (Fsp3) is 0.176. The minimum Gasteiger partial charge on any atom is -0.483 e. The SMILES string of the molecule is Cc1c(OCC(=O)NC(=O)Nc2ccc3c(c2)OCO3)cccc1[N+](=O)[O-]. The van der Waals surface area contributed by atoms with Crippen molar-refractivity contribution in [3.8, 4) is 17.2 Å². The van der Waals surface area contributed by atoms with Crippen molar-refractivity contribution in [2.24, 2.45) is 0 Å². The highest BCUT2D eigenvalue weighted by Crippen LogP contribution is 2.34. The van der Waals surface area contributed by atoms with Crippen LogP contribution in [0, 0.1) is 17.0 Å². The number of anilines is 1. The number of imide groups is 1. The van der Waals surface area contributed by atoms with Gasteiger partial charge in [-0.25, -0.2) is 4.79 Å². The number of nitro benzene ring substituents is 1. The van der Waals surface area contributed by atoms with Crippen LogP contribution in [0.2, 0.25) is 0 Å². The number of carbonyl (C=O) groups excluding carboxylic acids is 2. The maximum atomic E-state index is 11.9.